The van der Waals surface area contributed by atoms with Crippen molar-refractivity contribution in [3.8, 4) is 0 Å². The average Bonchev–Trinajstić information content (AvgIpc) is 3.20. The van der Waals surface area contributed by atoms with E-state index in [-0.39, 0.29) is 10.6 Å². The first-order valence-corrected chi connectivity index (χ1v) is 10.9. The molecule has 1 aliphatic rings. The summed E-state index contributed by atoms with van der Waals surface area (Å²) in [5.41, 5.74) is 6.58. The molecule has 0 fully saturated rings. The van der Waals surface area contributed by atoms with Crippen LogP contribution in [0.1, 0.15) is 30.4 Å². The van der Waals surface area contributed by atoms with Crippen LogP contribution in [0.5, 0.6) is 0 Å². The number of urea groups is 1. The number of nitrogens with two attached hydrogens (primary N) is 1. The second kappa shape index (κ2) is 10.6. The molecule has 1 atom stereocenters. The minimum Gasteiger partial charge on any atom is -0.398 e. The van der Waals surface area contributed by atoms with E-state index in [1.165, 1.54) is 38.0 Å². The Balaban J connectivity index is 2.09. The van der Waals surface area contributed by atoms with Gasteiger partial charge in [-0.25, -0.2) is 18.6 Å². The fraction of sp³-hybridized carbons (Fsp3) is 0.318. The van der Waals surface area contributed by atoms with Gasteiger partial charge in [0, 0.05) is 19.0 Å². The van der Waals surface area contributed by atoms with E-state index in [2.05, 4.69) is 10.3 Å². The van der Waals surface area contributed by atoms with Crippen LogP contribution >= 0.6 is 11.8 Å². The smallest absolute Gasteiger partial charge is 0.365 e. The Morgan fingerprint density at radius 1 is 1.24 bits per heavy atom. The summed E-state index contributed by atoms with van der Waals surface area (Å²) in [5.74, 6) is -0.953. The number of hydrazone groups is 1. The lowest BCUT2D eigenvalue weighted by molar-refractivity contribution is -0.0805. The molecule has 11 heteroatoms. The molecule has 8 nitrogen and oxygen atoms in total. The molecule has 33 heavy (non-hydrogen) atoms. The molecule has 0 aliphatic carbocycles. The van der Waals surface area contributed by atoms with Gasteiger partial charge in [-0.1, -0.05) is 47.2 Å². The van der Waals surface area contributed by atoms with Crippen molar-refractivity contribution in [3.63, 3.8) is 0 Å². The van der Waals surface area contributed by atoms with Crippen molar-refractivity contribution in [2.75, 3.05) is 21.3 Å². The van der Waals surface area contributed by atoms with Crippen LogP contribution in [-0.4, -0.2) is 48.2 Å². The van der Waals surface area contributed by atoms with E-state index in [1.807, 2.05) is 30.3 Å². The summed E-state index contributed by atoms with van der Waals surface area (Å²) in [5, 5.41) is 10.6. The summed E-state index contributed by atoms with van der Waals surface area (Å²) in [7, 11) is 4.20. The van der Waals surface area contributed by atoms with Crippen molar-refractivity contribution in [1.82, 2.24) is 10.1 Å². The van der Waals surface area contributed by atoms with Crippen molar-refractivity contribution < 1.29 is 23.3 Å². The van der Waals surface area contributed by atoms with Gasteiger partial charge in [0.25, 0.3) is 0 Å². The van der Waals surface area contributed by atoms with E-state index >= 15 is 0 Å². The lowest BCUT2D eigenvalue weighted by atomic mass is 9.99. The second-order valence-corrected chi connectivity index (χ2v) is 8.44. The Morgan fingerprint density at radius 3 is 2.64 bits per heavy atom. The number of rotatable bonds is 8. The molecule has 1 aliphatic heterocycles. The Kier molecular flexibility index (Phi) is 7.88. The van der Waals surface area contributed by atoms with E-state index in [4.69, 9.17) is 15.4 Å². The summed E-state index contributed by atoms with van der Waals surface area (Å²) in [4.78, 5) is 22.0. The number of oxime groups is 1. The average molecular weight is 478 g/mol. The van der Waals surface area contributed by atoms with Gasteiger partial charge < -0.3 is 10.6 Å². The van der Waals surface area contributed by atoms with Gasteiger partial charge >= 0.3 is 6.03 Å². The Morgan fingerprint density at radius 2 is 1.97 bits per heavy atom. The Bertz CT molecular complexity index is 1050. The fourth-order valence-corrected chi connectivity index (χ4v) is 4.84. The molecule has 1 unspecified atom stereocenters. The molecule has 0 saturated heterocycles. The first kappa shape index (κ1) is 24.5. The number of halogens is 2. The normalized spacial score (nSPS) is 18.3. The fourth-order valence-electron chi connectivity index (χ4n) is 3.43. The van der Waals surface area contributed by atoms with Crippen LogP contribution in [0.2, 0.25) is 0 Å². The third-order valence-electron chi connectivity index (χ3n) is 5.06. The number of thioether (sulfide) groups is 1. The lowest BCUT2D eigenvalue weighted by Gasteiger charge is -2.37. The van der Waals surface area contributed by atoms with Crippen molar-refractivity contribution in [3.05, 3.63) is 71.3 Å². The molecule has 2 aromatic rings. The number of carbonyl (C=O) groups is 1. The van der Waals surface area contributed by atoms with Crippen molar-refractivity contribution in [2.24, 2.45) is 16.0 Å². The van der Waals surface area contributed by atoms with Crippen LogP contribution in [0.15, 0.2) is 58.8 Å². The first-order chi connectivity index (χ1) is 15.8. The molecule has 0 saturated carbocycles. The highest BCUT2D eigenvalue weighted by molar-refractivity contribution is 8.15. The molecule has 0 spiro atoms. The molecular weight excluding hydrogens is 452 g/mol. The Labute approximate surface area is 195 Å². The van der Waals surface area contributed by atoms with Crippen LogP contribution in [0.3, 0.4) is 0 Å². The van der Waals surface area contributed by atoms with Crippen molar-refractivity contribution in [1.29, 1.82) is 0 Å². The highest BCUT2D eigenvalue weighted by atomic mass is 32.2. The highest BCUT2D eigenvalue weighted by Gasteiger charge is 2.49. The summed E-state index contributed by atoms with van der Waals surface area (Å²) in [6, 6.07) is 11.8. The van der Waals surface area contributed by atoms with Gasteiger partial charge in [-0.15, -0.1) is 0 Å². The molecule has 0 bridgehead atoms. The van der Waals surface area contributed by atoms with Crippen LogP contribution < -0.4 is 5.73 Å². The van der Waals surface area contributed by atoms with Gasteiger partial charge in [0.15, 0.2) is 0 Å². The van der Waals surface area contributed by atoms with Crippen LogP contribution in [0.25, 0.3) is 0 Å². The van der Waals surface area contributed by atoms with E-state index < -0.39 is 22.5 Å². The monoisotopic (exact) mass is 477 g/mol. The number of carbonyl (C=O) groups excluding carboxylic acids is 1. The minimum absolute atomic E-state index is 0.0314. The predicted molar refractivity (Wildman–Crippen MR) is 123 cm³/mol. The van der Waals surface area contributed by atoms with Gasteiger partial charge in [0.05, 0.1) is 7.11 Å². The zero-order valence-electron chi connectivity index (χ0n) is 18.5. The summed E-state index contributed by atoms with van der Waals surface area (Å²) >= 11 is 1.17. The highest BCUT2D eigenvalue weighted by Crippen LogP contribution is 2.51. The molecule has 2 amide bonds. The maximum atomic E-state index is 14.6. The summed E-state index contributed by atoms with van der Waals surface area (Å²) in [6.45, 7) is 0. The number of nitrogens with zero attached hydrogens (tertiary/aromatic N) is 4. The first-order valence-electron chi connectivity index (χ1n) is 10.1. The van der Waals surface area contributed by atoms with Crippen LogP contribution in [0.4, 0.5) is 13.6 Å². The Hall–Kier alpha value is -3.18. The number of hydrogen-bond acceptors (Lipinski definition) is 6. The molecule has 0 radical (unpaired) electrons. The van der Waals surface area contributed by atoms with Gasteiger partial charge in [0.1, 0.15) is 34.5 Å². The molecule has 3 rings (SSSR count). The van der Waals surface area contributed by atoms with Crippen molar-refractivity contribution >= 4 is 28.7 Å². The maximum absolute atomic E-state index is 14.6. The van der Waals surface area contributed by atoms with Gasteiger partial charge in [0.2, 0.25) is 0 Å². The SMILES string of the molecule is CO/N=C(\N)CCCC1(c2ccccc2)SC(c2cc(F)ccc2F)=NN1C(=O)N(C)OC. The minimum atomic E-state index is -1.06. The topological polar surface area (TPSA) is 92.8 Å². The van der Waals surface area contributed by atoms with Gasteiger partial charge in [-0.3, -0.25) is 4.84 Å². The molecule has 0 aromatic heterocycles. The number of hydrogen-bond donors (Lipinski definition) is 1. The molecule has 2 aromatic carbocycles. The summed E-state index contributed by atoms with van der Waals surface area (Å²) < 4.78 is 28.6. The standard InChI is InChI=1S/C22H25F2N5O3S/c1-28(32-3)21(30)29-22(15-8-5-4-6-9-15,13-7-10-19(25)27-31-2)33-20(26-29)17-14-16(23)11-12-18(17)24/h4-6,8-9,11-12,14H,7,10,13H2,1-3H3,(H2,25,27). The van der Waals surface area contributed by atoms with Crippen molar-refractivity contribution in [2.45, 2.75) is 24.1 Å². The van der Waals surface area contributed by atoms with Gasteiger partial charge in [-0.05, 0) is 36.6 Å². The van der Waals surface area contributed by atoms with E-state index in [1.54, 1.807) is 0 Å². The second-order valence-electron chi connectivity index (χ2n) is 7.17. The van der Waals surface area contributed by atoms with Crippen LogP contribution in [0, 0.1) is 11.6 Å². The molecule has 2 N–H and O–H groups in total. The maximum Gasteiger partial charge on any atom is 0.365 e. The predicted octanol–water partition coefficient (Wildman–Crippen LogP) is 4.23. The largest absolute Gasteiger partial charge is 0.398 e. The van der Waals surface area contributed by atoms with Gasteiger partial charge in [-0.2, -0.15) is 10.1 Å². The quantitative estimate of drug-likeness (QED) is 0.349. The summed E-state index contributed by atoms with van der Waals surface area (Å²) in [6.07, 6.45) is 1.29. The van der Waals surface area contributed by atoms with E-state index in [0.29, 0.717) is 25.1 Å². The van der Waals surface area contributed by atoms with E-state index in [9.17, 15) is 13.6 Å². The number of hydroxylamine groups is 2. The zero-order chi connectivity index (χ0) is 24.0. The third-order valence-corrected chi connectivity index (χ3v) is 6.51. The zero-order valence-corrected chi connectivity index (χ0v) is 19.3. The lowest BCUT2D eigenvalue weighted by Crippen LogP contribution is -2.46. The third kappa shape index (κ3) is 5.25. The number of amides is 2. The molecular formula is C22H25F2N5O3S. The molecule has 1 heterocycles. The number of amidine groups is 1. The van der Waals surface area contributed by atoms with E-state index in [0.717, 1.165) is 28.8 Å². The number of benzene rings is 2. The van der Waals surface area contributed by atoms with Crippen LogP contribution in [-0.2, 0) is 14.5 Å². The molecule has 176 valence electrons.